The highest BCUT2D eigenvalue weighted by atomic mass is 35.5. The number of hydrogen-bond donors (Lipinski definition) is 0. The molecule has 0 aliphatic heterocycles. The second-order valence-corrected chi connectivity index (χ2v) is 5.16. The molecule has 3 heteroatoms. The Morgan fingerprint density at radius 2 is 2.28 bits per heavy atom. The molecule has 1 saturated carbocycles. The SMILES string of the molecule is C#CCN(CC1CC1)c1ccc(C(C)=O)cc1Cl. The van der Waals surface area contributed by atoms with Crippen LogP contribution in [0.1, 0.15) is 30.1 Å². The number of anilines is 1. The molecule has 0 amide bonds. The van der Waals surface area contributed by atoms with Gasteiger partial charge < -0.3 is 4.90 Å². The van der Waals surface area contributed by atoms with Crippen LogP contribution in [0.5, 0.6) is 0 Å². The summed E-state index contributed by atoms with van der Waals surface area (Å²) in [5, 5.41) is 0.596. The molecule has 0 saturated heterocycles. The number of terminal acetylenes is 1. The summed E-state index contributed by atoms with van der Waals surface area (Å²) in [5.74, 6) is 3.42. The van der Waals surface area contributed by atoms with Crippen molar-refractivity contribution in [3.05, 3.63) is 28.8 Å². The summed E-state index contributed by atoms with van der Waals surface area (Å²) < 4.78 is 0. The third-order valence-corrected chi connectivity index (χ3v) is 3.46. The summed E-state index contributed by atoms with van der Waals surface area (Å²) in [4.78, 5) is 13.4. The van der Waals surface area contributed by atoms with Gasteiger partial charge in [0.1, 0.15) is 0 Å². The third kappa shape index (κ3) is 3.05. The molecule has 0 bridgehead atoms. The first-order valence-corrected chi connectivity index (χ1v) is 6.48. The van der Waals surface area contributed by atoms with Gasteiger partial charge in [-0.15, -0.1) is 6.42 Å². The van der Waals surface area contributed by atoms with E-state index in [4.69, 9.17) is 18.0 Å². The molecule has 2 rings (SSSR count). The van der Waals surface area contributed by atoms with E-state index in [1.165, 1.54) is 19.8 Å². The number of rotatable bonds is 5. The predicted octanol–water partition coefficient (Wildman–Crippen LogP) is 3.39. The number of benzene rings is 1. The first-order valence-electron chi connectivity index (χ1n) is 6.10. The summed E-state index contributed by atoms with van der Waals surface area (Å²) in [6, 6.07) is 5.41. The van der Waals surface area contributed by atoms with Gasteiger partial charge in [0.05, 0.1) is 17.3 Å². The van der Waals surface area contributed by atoms with Gasteiger partial charge in [0.2, 0.25) is 0 Å². The summed E-state index contributed by atoms with van der Waals surface area (Å²) in [7, 11) is 0. The topological polar surface area (TPSA) is 20.3 Å². The first kappa shape index (κ1) is 13.0. The largest absolute Gasteiger partial charge is 0.359 e. The lowest BCUT2D eigenvalue weighted by Gasteiger charge is -2.23. The van der Waals surface area contributed by atoms with Gasteiger partial charge in [0.25, 0.3) is 0 Å². The molecule has 0 unspecified atom stereocenters. The number of Topliss-reactive ketones (excluding diaryl/α,β-unsaturated/α-hetero) is 1. The van der Waals surface area contributed by atoms with Crippen LogP contribution in [0.25, 0.3) is 0 Å². The molecule has 1 aliphatic carbocycles. The van der Waals surface area contributed by atoms with Crippen molar-refractivity contribution < 1.29 is 4.79 Å². The molecule has 1 aromatic carbocycles. The van der Waals surface area contributed by atoms with Gasteiger partial charge >= 0.3 is 0 Å². The summed E-state index contributed by atoms with van der Waals surface area (Å²) >= 11 is 6.25. The number of carbonyl (C=O) groups excluding carboxylic acids is 1. The number of nitrogens with zero attached hydrogens (tertiary/aromatic N) is 1. The van der Waals surface area contributed by atoms with E-state index in [0.29, 0.717) is 17.1 Å². The van der Waals surface area contributed by atoms with Crippen molar-refractivity contribution in [3.63, 3.8) is 0 Å². The lowest BCUT2D eigenvalue weighted by Crippen LogP contribution is -2.26. The Labute approximate surface area is 113 Å². The van der Waals surface area contributed by atoms with E-state index >= 15 is 0 Å². The maximum atomic E-state index is 11.3. The predicted molar refractivity (Wildman–Crippen MR) is 75.2 cm³/mol. The molecule has 0 radical (unpaired) electrons. The normalized spacial score (nSPS) is 14.1. The van der Waals surface area contributed by atoms with Crippen molar-refractivity contribution in [3.8, 4) is 12.3 Å². The zero-order valence-electron chi connectivity index (χ0n) is 10.4. The van der Waals surface area contributed by atoms with Crippen LogP contribution in [0.3, 0.4) is 0 Å². The van der Waals surface area contributed by atoms with Crippen molar-refractivity contribution in [2.24, 2.45) is 5.92 Å². The minimum Gasteiger partial charge on any atom is -0.359 e. The molecule has 1 fully saturated rings. The van der Waals surface area contributed by atoms with E-state index in [0.717, 1.165) is 18.2 Å². The molecule has 0 N–H and O–H groups in total. The second kappa shape index (κ2) is 5.46. The average molecular weight is 262 g/mol. The molecule has 0 aromatic heterocycles. The first-order chi connectivity index (χ1) is 8.61. The standard InChI is InChI=1S/C15H16ClNO/c1-3-8-17(10-12-4-5-12)15-7-6-13(11(2)18)9-14(15)16/h1,6-7,9,12H,4-5,8,10H2,2H3. The maximum Gasteiger partial charge on any atom is 0.159 e. The van der Waals surface area contributed by atoms with Crippen molar-refractivity contribution in [1.29, 1.82) is 0 Å². The lowest BCUT2D eigenvalue weighted by atomic mass is 10.1. The molecule has 1 aromatic rings. The maximum absolute atomic E-state index is 11.3. The van der Waals surface area contributed by atoms with Gasteiger partial charge in [-0.3, -0.25) is 4.79 Å². The Morgan fingerprint density at radius 1 is 1.56 bits per heavy atom. The Bertz CT molecular complexity index is 500. The fourth-order valence-electron chi connectivity index (χ4n) is 1.95. The van der Waals surface area contributed by atoms with Gasteiger partial charge in [-0.1, -0.05) is 17.5 Å². The fraction of sp³-hybridized carbons (Fsp3) is 0.400. The van der Waals surface area contributed by atoms with Crippen LogP contribution in [0.4, 0.5) is 5.69 Å². The van der Waals surface area contributed by atoms with Gasteiger partial charge in [-0.25, -0.2) is 0 Å². The summed E-state index contributed by atoms with van der Waals surface area (Å²) in [6.45, 7) is 3.04. The van der Waals surface area contributed by atoms with E-state index in [1.807, 2.05) is 6.07 Å². The monoisotopic (exact) mass is 261 g/mol. The van der Waals surface area contributed by atoms with Crippen LogP contribution in [0, 0.1) is 18.3 Å². The van der Waals surface area contributed by atoms with Crippen molar-refractivity contribution >= 4 is 23.1 Å². The molecule has 2 nitrogen and oxygen atoms in total. The smallest absolute Gasteiger partial charge is 0.159 e. The summed E-state index contributed by atoms with van der Waals surface area (Å²) in [6.07, 6.45) is 7.94. The van der Waals surface area contributed by atoms with Crippen molar-refractivity contribution in [1.82, 2.24) is 0 Å². The zero-order valence-corrected chi connectivity index (χ0v) is 11.2. The average Bonchev–Trinajstić information content (AvgIpc) is 3.12. The molecule has 18 heavy (non-hydrogen) atoms. The van der Waals surface area contributed by atoms with Crippen LogP contribution >= 0.6 is 11.6 Å². The number of ketones is 1. The highest BCUT2D eigenvalue weighted by Crippen LogP contribution is 2.34. The number of carbonyl (C=O) groups is 1. The van der Waals surface area contributed by atoms with Gasteiger partial charge in [-0.2, -0.15) is 0 Å². The highest BCUT2D eigenvalue weighted by molar-refractivity contribution is 6.33. The van der Waals surface area contributed by atoms with Gasteiger partial charge in [0.15, 0.2) is 5.78 Å². The molecule has 0 atom stereocenters. The van der Waals surface area contributed by atoms with Crippen LogP contribution in [-0.4, -0.2) is 18.9 Å². The Balaban J connectivity index is 2.23. The molecule has 1 aliphatic rings. The highest BCUT2D eigenvalue weighted by Gasteiger charge is 2.25. The minimum absolute atomic E-state index is 0.0224. The van der Waals surface area contributed by atoms with E-state index < -0.39 is 0 Å². The fourth-order valence-corrected chi connectivity index (χ4v) is 2.25. The second-order valence-electron chi connectivity index (χ2n) is 4.75. The molecular weight excluding hydrogens is 246 g/mol. The third-order valence-electron chi connectivity index (χ3n) is 3.15. The quantitative estimate of drug-likeness (QED) is 0.598. The summed E-state index contributed by atoms with van der Waals surface area (Å²) in [5.41, 5.74) is 1.56. The molecular formula is C15H16ClNO. The van der Waals surface area contributed by atoms with E-state index in [1.54, 1.807) is 12.1 Å². The van der Waals surface area contributed by atoms with E-state index in [9.17, 15) is 4.79 Å². The Hall–Kier alpha value is -1.46. The molecule has 0 spiro atoms. The molecule has 0 heterocycles. The van der Waals surface area contributed by atoms with Crippen LogP contribution in [0.2, 0.25) is 5.02 Å². The van der Waals surface area contributed by atoms with E-state index in [-0.39, 0.29) is 5.78 Å². The van der Waals surface area contributed by atoms with E-state index in [2.05, 4.69) is 10.8 Å². The van der Waals surface area contributed by atoms with Crippen molar-refractivity contribution in [2.75, 3.05) is 18.0 Å². The minimum atomic E-state index is 0.0224. The van der Waals surface area contributed by atoms with Gasteiger partial charge in [-0.05, 0) is 43.9 Å². The number of hydrogen-bond acceptors (Lipinski definition) is 2. The lowest BCUT2D eigenvalue weighted by molar-refractivity contribution is 0.101. The van der Waals surface area contributed by atoms with Crippen molar-refractivity contribution in [2.45, 2.75) is 19.8 Å². The number of halogens is 1. The van der Waals surface area contributed by atoms with Crippen LogP contribution < -0.4 is 4.90 Å². The zero-order chi connectivity index (χ0) is 13.1. The van der Waals surface area contributed by atoms with Crippen LogP contribution in [0.15, 0.2) is 18.2 Å². The Kier molecular flexibility index (Phi) is 3.93. The molecule has 94 valence electrons. The van der Waals surface area contributed by atoms with Crippen LogP contribution in [-0.2, 0) is 0 Å². The Morgan fingerprint density at radius 3 is 2.78 bits per heavy atom. The van der Waals surface area contributed by atoms with Gasteiger partial charge in [0, 0.05) is 12.1 Å².